The van der Waals surface area contributed by atoms with Gasteiger partial charge in [-0.25, -0.2) is 4.39 Å². The Kier molecular flexibility index (Phi) is 6.55. The minimum Gasteiger partial charge on any atom is -0.406 e. The number of nitrogens with zero attached hydrogens (tertiary/aromatic N) is 3. The quantitative estimate of drug-likeness (QED) is 0.357. The highest BCUT2D eigenvalue weighted by molar-refractivity contribution is 6.30. The van der Waals surface area contributed by atoms with Crippen LogP contribution in [-0.2, 0) is 17.9 Å². The van der Waals surface area contributed by atoms with E-state index in [1.165, 1.54) is 30.3 Å². The van der Waals surface area contributed by atoms with Crippen molar-refractivity contribution in [1.29, 1.82) is 0 Å². The van der Waals surface area contributed by atoms with E-state index in [1.807, 2.05) is 0 Å². The van der Waals surface area contributed by atoms with Crippen molar-refractivity contribution in [1.82, 2.24) is 20.0 Å². The number of rotatable bonds is 7. The van der Waals surface area contributed by atoms with Gasteiger partial charge in [0.1, 0.15) is 23.8 Å². The van der Waals surface area contributed by atoms with E-state index < -0.39 is 12.2 Å². The van der Waals surface area contributed by atoms with Crippen LogP contribution in [0.2, 0.25) is 5.02 Å². The zero-order chi connectivity index (χ0) is 24.3. The maximum absolute atomic E-state index is 13.3. The molecule has 7 nitrogen and oxygen atoms in total. The molecule has 176 valence electrons. The highest BCUT2D eigenvalue weighted by atomic mass is 35.5. The molecule has 34 heavy (non-hydrogen) atoms. The molecule has 0 aliphatic carbocycles. The number of nitrogens with one attached hydrogen (secondary N) is 1. The average molecular weight is 495 g/mol. The fraction of sp³-hybridized carbons (Fsp3) is 0.136. The van der Waals surface area contributed by atoms with Crippen LogP contribution in [0.25, 0.3) is 23.0 Å². The van der Waals surface area contributed by atoms with Crippen LogP contribution in [0.3, 0.4) is 0 Å². The van der Waals surface area contributed by atoms with Crippen LogP contribution in [0, 0.1) is 5.82 Å². The van der Waals surface area contributed by atoms with Gasteiger partial charge in [0.25, 0.3) is 5.89 Å². The van der Waals surface area contributed by atoms with E-state index in [2.05, 4.69) is 20.2 Å². The molecule has 0 spiro atoms. The molecule has 0 aliphatic heterocycles. The topological polar surface area (TPSA) is 82.2 Å². The van der Waals surface area contributed by atoms with Gasteiger partial charge in [0.05, 0.1) is 5.02 Å². The summed E-state index contributed by atoms with van der Waals surface area (Å²) < 4.78 is 60.9. The summed E-state index contributed by atoms with van der Waals surface area (Å²) in [5, 5.41) is 6.53. The van der Waals surface area contributed by atoms with Crippen molar-refractivity contribution in [2.45, 2.75) is 19.5 Å². The van der Waals surface area contributed by atoms with Crippen LogP contribution in [-0.4, -0.2) is 27.0 Å². The van der Waals surface area contributed by atoms with Gasteiger partial charge in [-0.1, -0.05) is 22.8 Å². The second-order valence-corrected chi connectivity index (χ2v) is 7.45. The summed E-state index contributed by atoms with van der Waals surface area (Å²) in [6.45, 7) is 0.104. The number of carbonyl (C=O) groups is 1. The fourth-order valence-electron chi connectivity index (χ4n) is 3.06. The Morgan fingerprint density at radius 1 is 1.15 bits per heavy atom. The molecule has 0 saturated heterocycles. The van der Waals surface area contributed by atoms with Crippen molar-refractivity contribution < 1.29 is 31.6 Å². The molecule has 2 heterocycles. The van der Waals surface area contributed by atoms with Crippen molar-refractivity contribution in [2.24, 2.45) is 0 Å². The van der Waals surface area contributed by atoms with E-state index in [0.29, 0.717) is 16.8 Å². The van der Waals surface area contributed by atoms with Gasteiger partial charge >= 0.3 is 6.36 Å². The molecule has 4 aromatic rings. The third kappa shape index (κ3) is 5.73. The van der Waals surface area contributed by atoms with E-state index in [4.69, 9.17) is 16.1 Å². The summed E-state index contributed by atoms with van der Waals surface area (Å²) in [5.74, 6) is -0.966. The van der Waals surface area contributed by atoms with Crippen molar-refractivity contribution in [2.75, 3.05) is 0 Å². The first-order valence-electron chi connectivity index (χ1n) is 9.74. The summed E-state index contributed by atoms with van der Waals surface area (Å²) in [5.41, 5.74) is 1.52. The van der Waals surface area contributed by atoms with E-state index in [-0.39, 0.29) is 41.5 Å². The Morgan fingerprint density at radius 3 is 2.62 bits per heavy atom. The third-order valence-corrected chi connectivity index (χ3v) is 4.90. The van der Waals surface area contributed by atoms with Crippen molar-refractivity contribution >= 4 is 17.5 Å². The van der Waals surface area contributed by atoms with E-state index in [9.17, 15) is 22.4 Å². The average Bonchev–Trinajstić information content (AvgIpc) is 3.43. The van der Waals surface area contributed by atoms with Gasteiger partial charge in [-0.05, 0) is 54.1 Å². The lowest BCUT2D eigenvalue weighted by Gasteiger charge is -2.09. The maximum atomic E-state index is 13.3. The zero-order valence-corrected chi connectivity index (χ0v) is 17.9. The number of benzene rings is 2. The number of carbonyl (C=O) groups excluding carboxylic acids is 1. The minimum absolute atomic E-state index is 0.0332. The predicted octanol–water partition coefficient (Wildman–Crippen LogP) is 5.21. The van der Waals surface area contributed by atoms with Gasteiger partial charge in [0.15, 0.2) is 0 Å². The van der Waals surface area contributed by atoms with Crippen molar-refractivity contribution in [3.63, 3.8) is 0 Å². The van der Waals surface area contributed by atoms with Gasteiger partial charge in [0.2, 0.25) is 11.7 Å². The molecule has 0 atom stereocenters. The van der Waals surface area contributed by atoms with Crippen LogP contribution >= 0.6 is 11.6 Å². The van der Waals surface area contributed by atoms with Crippen LogP contribution in [0.4, 0.5) is 17.6 Å². The Morgan fingerprint density at radius 2 is 1.91 bits per heavy atom. The summed E-state index contributed by atoms with van der Waals surface area (Å²) in [4.78, 5) is 16.6. The Bertz CT molecular complexity index is 1300. The first-order valence-corrected chi connectivity index (χ1v) is 10.1. The number of hydrogen-bond acceptors (Lipinski definition) is 5. The molecule has 0 saturated carbocycles. The first kappa shape index (κ1) is 23.3. The van der Waals surface area contributed by atoms with Crippen LogP contribution in [0.1, 0.15) is 5.56 Å². The second kappa shape index (κ2) is 9.56. The molecule has 0 aliphatic rings. The van der Waals surface area contributed by atoms with Gasteiger partial charge in [-0.15, -0.1) is 13.2 Å². The third-order valence-electron chi connectivity index (χ3n) is 4.61. The number of ether oxygens (including phenoxy) is 1. The lowest BCUT2D eigenvalue weighted by atomic mass is 10.2. The smallest absolute Gasteiger partial charge is 0.406 e. The van der Waals surface area contributed by atoms with Crippen molar-refractivity contribution in [3.05, 3.63) is 77.2 Å². The molecule has 0 fully saturated rings. The molecule has 0 radical (unpaired) electrons. The number of hydrogen-bond donors (Lipinski definition) is 1. The molecule has 2 aromatic carbocycles. The molecule has 0 bridgehead atoms. The largest absolute Gasteiger partial charge is 0.573 e. The normalized spacial score (nSPS) is 11.4. The van der Waals surface area contributed by atoms with Gasteiger partial charge in [0, 0.05) is 18.3 Å². The summed E-state index contributed by atoms with van der Waals surface area (Å²) in [7, 11) is 0. The molecule has 12 heteroatoms. The lowest BCUT2D eigenvalue weighted by Crippen LogP contribution is -2.27. The van der Waals surface area contributed by atoms with Gasteiger partial charge in [-0.3, -0.25) is 4.79 Å². The standard InChI is InChI=1S/C22H15ClF4N4O3/c23-16-10-13(3-8-17(16)24)11-28-19(32)12-31-9-1-2-18(31)21-29-20(30-34-21)14-4-6-15(7-5-14)33-22(25,26)27/h1-10H,11-12H2,(H,28,32). The predicted molar refractivity (Wildman–Crippen MR) is 113 cm³/mol. The molecular formula is C22H15ClF4N4O3. The minimum atomic E-state index is -4.79. The van der Waals surface area contributed by atoms with Gasteiger partial charge < -0.3 is 19.1 Å². The zero-order valence-electron chi connectivity index (χ0n) is 17.1. The van der Waals surface area contributed by atoms with E-state index in [1.54, 1.807) is 22.9 Å². The number of aromatic nitrogens is 3. The summed E-state index contributed by atoms with van der Waals surface area (Å²) in [6.07, 6.45) is -3.14. The Balaban J connectivity index is 1.41. The molecule has 2 aromatic heterocycles. The SMILES string of the molecule is O=C(Cn1cccc1-c1nc(-c2ccc(OC(F)(F)F)cc2)no1)NCc1ccc(F)c(Cl)c1. The van der Waals surface area contributed by atoms with Crippen LogP contribution in [0.5, 0.6) is 5.75 Å². The number of alkyl halides is 3. The Labute approximate surface area is 194 Å². The summed E-state index contributed by atoms with van der Waals surface area (Å²) >= 11 is 5.75. The van der Waals surface area contributed by atoms with E-state index in [0.717, 1.165) is 12.1 Å². The van der Waals surface area contributed by atoms with Gasteiger partial charge in [-0.2, -0.15) is 4.98 Å². The highest BCUT2D eigenvalue weighted by Crippen LogP contribution is 2.27. The molecule has 1 amide bonds. The first-order chi connectivity index (χ1) is 16.2. The highest BCUT2D eigenvalue weighted by Gasteiger charge is 2.31. The summed E-state index contributed by atoms with van der Waals surface area (Å²) in [6, 6.07) is 12.5. The maximum Gasteiger partial charge on any atom is 0.573 e. The lowest BCUT2D eigenvalue weighted by molar-refractivity contribution is -0.274. The number of amides is 1. The van der Waals surface area contributed by atoms with Crippen LogP contribution in [0.15, 0.2) is 65.3 Å². The number of halogens is 5. The Hall–Kier alpha value is -3.86. The molecule has 4 rings (SSSR count). The van der Waals surface area contributed by atoms with Crippen LogP contribution < -0.4 is 10.1 Å². The molecule has 1 N–H and O–H groups in total. The monoisotopic (exact) mass is 494 g/mol. The molecular weight excluding hydrogens is 480 g/mol. The second-order valence-electron chi connectivity index (χ2n) is 7.04. The van der Waals surface area contributed by atoms with Crippen molar-refractivity contribution in [3.8, 4) is 28.7 Å². The molecule has 0 unspecified atom stereocenters. The van der Waals surface area contributed by atoms with E-state index >= 15 is 0 Å². The fourth-order valence-corrected chi connectivity index (χ4v) is 3.26.